The van der Waals surface area contributed by atoms with E-state index in [9.17, 15) is 9.18 Å². The van der Waals surface area contributed by atoms with E-state index in [2.05, 4.69) is 10.3 Å². The first-order valence-electron chi connectivity index (χ1n) is 4.17. The summed E-state index contributed by atoms with van der Waals surface area (Å²) in [6.45, 7) is 0.579. The third-order valence-electron chi connectivity index (χ3n) is 1.78. The molecule has 0 spiro atoms. The van der Waals surface area contributed by atoms with Gasteiger partial charge >= 0.3 is 0 Å². The molecule has 0 saturated carbocycles. The van der Waals surface area contributed by atoms with Crippen LogP contribution in [0.15, 0.2) is 12.3 Å². The number of hydrogen-bond acceptors (Lipinski definition) is 4. The number of nitrogens with zero attached hydrogens (tertiary/aromatic N) is 1. The minimum Gasteiger partial charge on any atom is -0.316 e. The molecule has 1 atom stereocenters. The summed E-state index contributed by atoms with van der Waals surface area (Å²) in [7, 11) is 1.77. The first-order chi connectivity index (χ1) is 6.69. The number of nitrogens with one attached hydrogen (secondary N) is 1. The summed E-state index contributed by atoms with van der Waals surface area (Å²) >= 11 is 0. The molecule has 5 heteroatoms. The minimum atomic E-state index is -1.71. The van der Waals surface area contributed by atoms with Crippen LogP contribution in [0, 0.1) is 0 Å². The van der Waals surface area contributed by atoms with E-state index in [-0.39, 0.29) is 11.3 Å². The van der Waals surface area contributed by atoms with Crippen molar-refractivity contribution in [1.82, 2.24) is 10.3 Å². The zero-order valence-corrected chi connectivity index (χ0v) is 7.83. The Balaban J connectivity index is 3.05. The lowest BCUT2D eigenvalue weighted by Crippen LogP contribution is -2.12. The van der Waals surface area contributed by atoms with Gasteiger partial charge in [-0.15, -0.1) is 0 Å². The number of carbonyl (C=O) groups excluding carboxylic acids is 1. The summed E-state index contributed by atoms with van der Waals surface area (Å²) in [5.41, 5.74) is 6.02. The predicted molar refractivity (Wildman–Crippen MR) is 50.4 cm³/mol. The largest absolute Gasteiger partial charge is 0.316 e. The molecule has 0 aromatic carbocycles. The summed E-state index contributed by atoms with van der Waals surface area (Å²) < 4.78 is 12.7. The van der Waals surface area contributed by atoms with Crippen LogP contribution < -0.4 is 11.1 Å². The molecule has 0 aliphatic heterocycles. The van der Waals surface area contributed by atoms with E-state index in [1.807, 2.05) is 0 Å². The second kappa shape index (κ2) is 4.78. The van der Waals surface area contributed by atoms with Crippen LogP contribution in [0.2, 0.25) is 0 Å². The Labute approximate surface area is 81.3 Å². The predicted octanol–water partition coefficient (Wildman–Crippen LogP) is 0.540. The fraction of sp³-hybridized carbons (Fsp3) is 0.333. The lowest BCUT2D eigenvalue weighted by Gasteiger charge is -2.06. The van der Waals surface area contributed by atoms with Crippen LogP contribution in [-0.2, 0) is 6.54 Å². The van der Waals surface area contributed by atoms with Gasteiger partial charge in [0.25, 0.3) is 0 Å². The van der Waals surface area contributed by atoms with E-state index in [0.717, 1.165) is 5.56 Å². The van der Waals surface area contributed by atoms with E-state index < -0.39 is 6.30 Å². The molecule has 0 amide bonds. The third kappa shape index (κ3) is 2.34. The molecule has 0 aliphatic carbocycles. The maximum absolute atomic E-state index is 12.7. The lowest BCUT2D eigenvalue weighted by molar-refractivity contribution is 0.111. The highest BCUT2D eigenvalue weighted by molar-refractivity contribution is 5.76. The Bertz CT molecular complexity index is 328. The first-order valence-corrected chi connectivity index (χ1v) is 4.17. The molecule has 0 saturated heterocycles. The fourth-order valence-electron chi connectivity index (χ4n) is 1.16. The van der Waals surface area contributed by atoms with Gasteiger partial charge in [0.1, 0.15) is 0 Å². The van der Waals surface area contributed by atoms with E-state index in [1.165, 1.54) is 6.20 Å². The van der Waals surface area contributed by atoms with Crippen molar-refractivity contribution in [3.63, 3.8) is 0 Å². The lowest BCUT2D eigenvalue weighted by atomic mass is 10.1. The maximum atomic E-state index is 12.7. The highest BCUT2D eigenvalue weighted by Crippen LogP contribution is 2.14. The van der Waals surface area contributed by atoms with Gasteiger partial charge in [0.2, 0.25) is 0 Å². The maximum Gasteiger partial charge on any atom is 0.192 e. The van der Waals surface area contributed by atoms with Gasteiger partial charge in [-0.1, -0.05) is 0 Å². The summed E-state index contributed by atoms with van der Waals surface area (Å²) in [6, 6.07) is 1.57. The smallest absolute Gasteiger partial charge is 0.192 e. The molecule has 1 aromatic rings. The highest BCUT2D eigenvalue weighted by Gasteiger charge is 2.11. The second-order valence-electron chi connectivity index (χ2n) is 2.87. The van der Waals surface area contributed by atoms with Crippen molar-refractivity contribution >= 4 is 6.29 Å². The van der Waals surface area contributed by atoms with Crippen molar-refractivity contribution in [1.29, 1.82) is 0 Å². The van der Waals surface area contributed by atoms with Gasteiger partial charge in [0.15, 0.2) is 12.6 Å². The minimum absolute atomic E-state index is 0.0140. The zero-order valence-electron chi connectivity index (χ0n) is 7.83. The Hall–Kier alpha value is -1.33. The standard InChI is InChI=1S/C9H12FN3O/c1-12-3-6-2-7(5-14)8(9(10)11)13-4-6/h2,4-5,9,12H,3,11H2,1H3. The number of carbonyl (C=O) groups is 1. The SMILES string of the molecule is CNCc1cnc(C(N)F)c(C=O)c1. The van der Waals surface area contributed by atoms with E-state index in [4.69, 9.17) is 5.73 Å². The molecule has 0 aliphatic rings. The van der Waals surface area contributed by atoms with Crippen molar-refractivity contribution in [2.24, 2.45) is 5.73 Å². The van der Waals surface area contributed by atoms with Crippen LogP contribution in [0.25, 0.3) is 0 Å². The Morgan fingerprint density at radius 2 is 2.50 bits per heavy atom. The van der Waals surface area contributed by atoms with Gasteiger partial charge < -0.3 is 5.32 Å². The number of nitrogens with two attached hydrogens (primary N) is 1. The van der Waals surface area contributed by atoms with E-state index in [0.29, 0.717) is 12.8 Å². The van der Waals surface area contributed by atoms with Crippen molar-refractivity contribution in [2.45, 2.75) is 12.8 Å². The molecular weight excluding hydrogens is 185 g/mol. The van der Waals surface area contributed by atoms with Crippen LogP contribution in [0.5, 0.6) is 0 Å². The second-order valence-corrected chi connectivity index (χ2v) is 2.87. The number of rotatable bonds is 4. The molecule has 14 heavy (non-hydrogen) atoms. The fourth-order valence-corrected chi connectivity index (χ4v) is 1.16. The average Bonchev–Trinajstić information content (AvgIpc) is 2.17. The molecule has 0 bridgehead atoms. The summed E-state index contributed by atoms with van der Waals surface area (Å²) in [6.07, 6.45) is 0.345. The normalized spacial score (nSPS) is 12.5. The molecule has 1 rings (SSSR count). The van der Waals surface area contributed by atoms with Gasteiger partial charge in [-0.3, -0.25) is 15.5 Å². The molecule has 0 radical (unpaired) electrons. The van der Waals surface area contributed by atoms with Gasteiger partial charge in [-0.25, -0.2) is 4.39 Å². The summed E-state index contributed by atoms with van der Waals surface area (Å²) in [4.78, 5) is 14.4. The topological polar surface area (TPSA) is 68.0 Å². The van der Waals surface area contributed by atoms with Crippen LogP contribution >= 0.6 is 0 Å². The van der Waals surface area contributed by atoms with Crippen molar-refractivity contribution in [3.8, 4) is 0 Å². The summed E-state index contributed by atoms with van der Waals surface area (Å²) in [5.74, 6) is 0. The van der Waals surface area contributed by atoms with Gasteiger partial charge in [-0.05, 0) is 18.7 Å². The van der Waals surface area contributed by atoms with Crippen molar-refractivity contribution in [3.05, 3.63) is 29.1 Å². The van der Waals surface area contributed by atoms with E-state index in [1.54, 1.807) is 13.1 Å². The van der Waals surface area contributed by atoms with Crippen LogP contribution in [-0.4, -0.2) is 18.3 Å². The number of alkyl halides is 1. The number of pyridine rings is 1. The zero-order chi connectivity index (χ0) is 10.6. The number of aromatic nitrogens is 1. The molecule has 76 valence electrons. The monoisotopic (exact) mass is 197 g/mol. The van der Waals surface area contributed by atoms with Gasteiger partial charge in [-0.2, -0.15) is 0 Å². The molecule has 3 N–H and O–H groups in total. The Morgan fingerprint density at radius 1 is 1.79 bits per heavy atom. The van der Waals surface area contributed by atoms with Crippen LogP contribution in [0.3, 0.4) is 0 Å². The van der Waals surface area contributed by atoms with Crippen molar-refractivity contribution in [2.75, 3.05) is 7.05 Å². The number of hydrogen-bond donors (Lipinski definition) is 2. The van der Waals surface area contributed by atoms with Crippen molar-refractivity contribution < 1.29 is 9.18 Å². The Morgan fingerprint density at radius 3 is 3.00 bits per heavy atom. The highest BCUT2D eigenvalue weighted by atomic mass is 19.1. The quantitative estimate of drug-likeness (QED) is 0.546. The molecule has 1 aromatic heterocycles. The molecule has 0 fully saturated rings. The molecule has 4 nitrogen and oxygen atoms in total. The third-order valence-corrected chi connectivity index (χ3v) is 1.78. The summed E-state index contributed by atoms with van der Waals surface area (Å²) in [5, 5.41) is 2.90. The molecular formula is C9H12FN3O. The Kier molecular flexibility index (Phi) is 3.67. The van der Waals surface area contributed by atoms with Crippen LogP contribution in [0.4, 0.5) is 4.39 Å². The van der Waals surface area contributed by atoms with E-state index >= 15 is 0 Å². The average molecular weight is 197 g/mol. The van der Waals surface area contributed by atoms with Crippen LogP contribution in [0.1, 0.15) is 27.9 Å². The number of halogens is 1. The molecule has 1 unspecified atom stereocenters. The first kappa shape index (κ1) is 10.7. The van der Waals surface area contributed by atoms with Gasteiger partial charge in [0, 0.05) is 18.3 Å². The van der Waals surface area contributed by atoms with Gasteiger partial charge in [0.05, 0.1) is 5.69 Å². The number of aldehydes is 1. The molecule has 1 heterocycles.